The summed E-state index contributed by atoms with van der Waals surface area (Å²) < 4.78 is 10.7. The molecule has 0 aliphatic heterocycles. The van der Waals surface area contributed by atoms with E-state index in [0.29, 0.717) is 11.5 Å². The van der Waals surface area contributed by atoms with Gasteiger partial charge in [0, 0.05) is 28.7 Å². The van der Waals surface area contributed by atoms with E-state index in [-0.39, 0.29) is 19.0 Å². The Bertz CT molecular complexity index is 1040. The lowest BCUT2D eigenvalue weighted by atomic mass is 10.1. The number of ether oxygens (including phenoxy) is 1. The summed E-state index contributed by atoms with van der Waals surface area (Å²) in [6, 6.07) is 17.6. The largest absolute Gasteiger partial charge is 0.459 e. The zero-order chi connectivity index (χ0) is 17.9. The molecule has 0 radical (unpaired) electrons. The Morgan fingerprint density at radius 1 is 1.15 bits per heavy atom. The van der Waals surface area contributed by atoms with Gasteiger partial charge in [0.1, 0.15) is 12.3 Å². The van der Waals surface area contributed by atoms with Gasteiger partial charge >= 0.3 is 5.97 Å². The fourth-order valence-corrected chi connectivity index (χ4v) is 2.87. The number of aromatic amines is 1. The van der Waals surface area contributed by atoms with Crippen molar-refractivity contribution in [1.82, 2.24) is 10.1 Å². The third kappa shape index (κ3) is 3.37. The molecule has 5 nitrogen and oxygen atoms in total. The molecule has 130 valence electrons. The third-order valence-corrected chi connectivity index (χ3v) is 4.29. The number of nitrogens with one attached hydrogen (secondary N) is 1. The summed E-state index contributed by atoms with van der Waals surface area (Å²) in [7, 11) is 0. The number of benzene rings is 2. The highest BCUT2D eigenvalue weighted by molar-refractivity contribution is 5.87. The molecule has 4 aromatic rings. The first kappa shape index (κ1) is 16.1. The number of nitrogens with zero attached hydrogens (tertiary/aromatic N) is 1. The van der Waals surface area contributed by atoms with Gasteiger partial charge in [-0.1, -0.05) is 53.2 Å². The predicted octanol–water partition coefficient (Wildman–Crippen LogP) is 4.42. The van der Waals surface area contributed by atoms with Crippen LogP contribution < -0.4 is 0 Å². The number of hydrogen-bond donors (Lipinski definition) is 1. The maximum atomic E-state index is 12.1. The van der Waals surface area contributed by atoms with Crippen LogP contribution in [-0.2, 0) is 22.6 Å². The van der Waals surface area contributed by atoms with E-state index in [2.05, 4.69) is 10.1 Å². The minimum absolute atomic E-state index is 0.0938. The van der Waals surface area contributed by atoms with Gasteiger partial charge in [-0.15, -0.1) is 0 Å². The molecule has 0 bridgehead atoms. The molecule has 0 unspecified atom stereocenters. The second-order valence-corrected chi connectivity index (χ2v) is 6.25. The first-order valence-corrected chi connectivity index (χ1v) is 8.42. The number of aryl methyl sites for hydroxylation is 1. The minimum Gasteiger partial charge on any atom is -0.459 e. The van der Waals surface area contributed by atoms with Crippen LogP contribution in [-0.4, -0.2) is 16.1 Å². The molecule has 26 heavy (non-hydrogen) atoms. The Labute approximate surface area is 150 Å². The Kier molecular flexibility index (Phi) is 4.27. The smallest absolute Gasteiger partial charge is 0.310 e. The van der Waals surface area contributed by atoms with Crippen molar-refractivity contribution in [1.29, 1.82) is 0 Å². The van der Waals surface area contributed by atoms with Crippen LogP contribution in [0, 0.1) is 6.92 Å². The topological polar surface area (TPSA) is 68.1 Å². The van der Waals surface area contributed by atoms with Crippen molar-refractivity contribution in [2.45, 2.75) is 20.0 Å². The maximum absolute atomic E-state index is 12.1. The standard InChI is InChI=1S/C21H18N2O3/c1-14-6-8-15(9-7-14)20-11-17(23-26-20)13-25-21(24)10-16-12-22-19-5-3-2-4-18(16)19/h2-9,11-12,22H,10,13H2,1H3. The van der Waals surface area contributed by atoms with Crippen molar-refractivity contribution in [2.24, 2.45) is 0 Å². The summed E-state index contributed by atoms with van der Waals surface area (Å²) in [6.45, 7) is 2.12. The van der Waals surface area contributed by atoms with Gasteiger partial charge in [-0.25, -0.2) is 0 Å². The first-order chi connectivity index (χ1) is 12.7. The quantitative estimate of drug-likeness (QED) is 0.543. The molecule has 2 aromatic carbocycles. The summed E-state index contributed by atoms with van der Waals surface area (Å²) in [4.78, 5) is 15.3. The molecule has 0 aliphatic rings. The molecule has 5 heteroatoms. The first-order valence-electron chi connectivity index (χ1n) is 8.42. The molecular formula is C21H18N2O3. The van der Waals surface area contributed by atoms with E-state index in [0.717, 1.165) is 22.0 Å². The van der Waals surface area contributed by atoms with Gasteiger partial charge in [0.15, 0.2) is 5.76 Å². The van der Waals surface area contributed by atoms with Crippen LogP contribution in [0.25, 0.3) is 22.2 Å². The van der Waals surface area contributed by atoms with Gasteiger partial charge in [-0.2, -0.15) is 0 Å². The highest BCUT2D eigenvalue weighted by Crippen LogP contribution is 2.22. The van der Waals surface area contributed by atoms with Crippen LogP contribution in [0.4, 0.5) is 0 Å². The Morgan fingerprint density at radius 2 is 1.96 bits per heavy atom. The van der Waals surface area contributed by atoms with Gasteiger partial charge in [-0.3, -0.25) is 4.79 Å². The van der Waals surface area contributed by atoms with Gasteiger partial charge < -0.3 is 14.2 Å². The number of hydrogen-bond acceptors (Lipinski definition) is 4. The Morgan fingerprint density at radius 3 is 2.81 bits per heavy atom. The Hall–Kier alpha value is -3.34. The van der Waals surface area contributed by atoms with Gasteiger partial charge in [0.05, 0.1) is 6.42 Å². The molecule has 0 fully saturated rings. The molecule has 0 saturated carbocycles. The molecular weight excluding hydrogens is 328 g/mol. The summed E-state index contributed by atoms with van der Waals surface area (Å²) in [5.41, 5.74) is 4.65. The van der Waals surface area contributed by atoms with Crippen LogP contribution in [0.5, 0.6) is 0 Å². The molecule has 0 amide bonds. The van der Waals surface area contributed by atoms with E-state index >= 15 is 0 Å². The van der Waals surface area contributed by atoms with Crippen molar-refractivity contribution >= 4 is 16.9 Å². The highest BCUT2D eigenvalue weighted by atomic mass is 16.5. The van der Waals surface area contributed by atoms with E-state index in [1.54, 1.807) is 6.07 Å². The number of carbonyl (C=O) groups excluding carboxylic acids is 1. The second-order valence-electron chi connectivity index (χ2n) is 6.25. The Balaban J connectivity index is 1.38. The van der Waals surface area contributed by atoms with Crippen LogP contribution in [0.3, 0.4) is 0 Å². The summed E-state index contributed by atoms with van der Waals surface area (Å²) >= 11 is 0. The molecule has 2 aromatic heterocycles. The maximum Gasteiger partial charge on any atom is 0.310 e. The number of carbonyl (C=O) groups is 1. The van der Waals surface area contributed by atoms with Crippen molar-refractivity contribution in [3.05, 3.63) is 77.6 Å². The van der Waals surface area contributed by atoms with Crippen LogP contribution >= 0.6 is 0 Å². The molecule has 1 N–H and O–H groups in total. The highest BCUT2D eigenvalue weighted by Gasteiger charge is 2.12. The molecule has 0 saturated heterocycles. The van der Waals surface area contributed by atoms with E-state index in [9.17, 15) is 4.79 Å². The fourth-order valence-electron chi connectivity index (χ4n) is 2.87. The second kappa shape index (κ2) is 6.88. The lowest BCUT2D eigenvalue weighted by molar-refractivity contribution is -0.144. The lowest BCUT2D eigenvalue weighted by Gasteiger charge is -2.01. The average molecular weight is 346 g/mol. The number of aromatic nitrogens is 2. The van der Waals surface area contributed by atoms with Gasteiger partial charge in [-0.05, 0) is 18.6 Å². The van der Waals surface area contributed by atoms with E-state index in [4.69, 9.17) is 9.26 Å². The monoisotopic (exact) mass is 346 g/mol. The van der Waals surface area contributed by atoms with E-state index in [1.165, 1.54) is 5.56 Å². The minimum atomic E-state index is -0.297. The zero-order valence-electron chi connectivity index (χ0n) is 14.4. The predicted molar refractivity (Wildman–Crippen MR) is 98.5 cm³/mol. The number of H-pyrrole nitrogens is 1. The number of esters is 1. The lowest BCUT2D eigenvalue weighted by Crippen LogP contribution is -2.07. The molecule has 0 spiro atoms. The zero-order valence-corrected chi connectivity index (χ0v) is 14.4. The van der Waals surface area contributed by atoms with Crippen molar-refractivity contribution < 1.29 is 14.1 Å². The number of rotatable bonds is 5. The molecule has 0 atom stereocenters. The third-order valence-electron chi connectivity index (χ3n) is 4.29. The van der Waals surface area contributed by atoms with Crippen molar-refractivity contribution in [3.63, 3.8) is 0 Å². The fraction of sp³-hybridized carbons (Fsp3) is 0.143. The van der Waals surface area contributed by atoms with E-state index in [1.807, 2.05) is 61.7 Å². The van der Waals surface area contributed by atoms with Gasteiger partial charge in [0.25, 0.3) is 0 Å². The SMILES string of the molecule is Cc1ccc(-c2cc(COC(=O)Cc3c[nH]c4ccccc34)no2)cc1. The van der Waals surface area contributed by atoms with E-state index < -0.39 is 0 Å². The average Bonchev–Trinajstić information content (AvgIpc) is 3.28. The van der Waals surface area contributed by atoms with Crippen LogP contribution in [0.15, 0.2) is 65.3 Å². The number of para-hydroxylation sites is 1. The molecule has 0 aliphatic carbocycles. The number of fused-ring (bicyclic) bond motifs is 1. The molecule has 2 heterocycles. The summed E-state index contributed by atoms with van der Waals surface area (Å²) in [5.74, 6) is 0.363. The normalized spacial score (nSPS) is 11.0. The van der Waals surface area contributed by atoms with Crippen molar-refractivity contribution in [3.8, 4) is 11.3 Å². The van der Waals surface area contributed by atoms with Crippen LogP contribution in [0.2, 0.25) is 0 Å². The van der Waals surface area contributed by atoms with Crippen LogP contribution in [0.1, 0.15) is 16.8 Å². The summed E-state index contributed by atoms with van der Waals surface area (Å²) in [5, 5.41) is 5.01. The van der Waals surface area contributed by atoms with Gasteiger partial charge in [0.2, 0.25) is 0 Å². The summed E-state index contributed by atoms with van der Waals surface area (Å²) in [6.07, 6.45) is 2.06. The van der Waals surface area contributed by atoms with Crippen molar-refractivity contribution in [2.75, 3.05) is 0 Å². The molecule has 4 rings (SSSR count).